The molecule has 0 saturated carbocycles. The number of hydrogen-bond donors (Lipinski definition) is 0. The van der Waals surface area contributed by atoms with Crippen LogP contribution in [0, 0.1) is 0 Å². The van der Waals surface area contributed by atoms with Crippen molar-refractivity contribution in [1.82, 2.24) is 0 Å². The van der Waals surface area contributed by atoms with E-state index >= 15 is 0 Å². The van der Waals surface area contributed by atoms with E-state index in [1.54, 1.807) is 0 Å². The molecule has 234 valence electrons. The van der Waals surface area contributed by atoms with Gasteiger partial charge in [0, 0.05) is 53.9 Å². The first kappa shape index (κ1) is 27.2. The highest BCUT2D eigenvalue weighted by Gasteiger charge is 2.23. The average molecular weight is 643 g/mol. The molecule has 4 heteroatoms. The minimum absolute atomic E-state index is 0.776. The summed E-state index contributed by atoms with van der Waals surface area (Å²) in [5.41, 5.74) is 3.29. The fourth-order valence-corrected chi connectivity index (χ4v) is 7.84. The van der Waals surface area contributed by atoms with Crippen molar-refractivity contribution in [3.63, 3.8) is 0 Å². The summed E-state index contributed by atoms with van der Waals surface area (Å²) in [6, 6.07) is 53.5. The molecule has 2 heterocycles. The van der Waals surface area contributed by atoms with Gasteiger partial charge in [-0.25, -0.2) is 0 Å². The highest BCUT2D eigenvalue weighted by Crippen LogP contribution is 2.50. The maximum Gasteiger partial charge on any atom is 0.143 e. The van der Waals surface area contributed by atoms with Crippen molar-refractivity contribution < 1.29 is 18.3 Å². The molecule has 0 aliphatic heterocycles. The average Bonchev–Trinajstić information content (AvgIpc) is 3.17. The summed E-state index contributed by atoms with van der Waals surface area (Å²) in [6.07, 6.45) is 0. The van der Waals surface area contributed by atoms with Crippen molar-refractivity contribution >= 4 is 87.0 Å². The minimum Gasteiger partial charge on any atom is -0.457 e. The molecule has 50 heavy (non-hydrogen) atoms. The summed E-state index contributed by atoms with van der Waals surface area (Å²) in [6.45, 7) is 0. The van der Waals surface area contributed by atoms with Crippen LogP contribution in [0.5, 0.6) is 23.0 Å². The summed E-state index contributed by atoms with van der Waals surface area (Å²) in [5.74, 6) is 3.11. The summed E-state index contributed by atoms with van der Waals surface area (Å²) in [5, 5.41) is 12.5. The second-order valence-corrected chi connectivity index (χ2v) is 12.7. The molecule has 0 aliphatic carbocycles. The van der Waals surface area contributed by atoms with Crippen LogP contribution in [0.1, 0.15) is 0 Å². The zero-order valence-corrected chi connectivity index (χ0v) is 26.6. The third-order valence-electron chi connectivity index (χ3n) is 9.91. The van der Waals surface area contributed by atoms with Crippen LogP contribution >= 0.6 is 0 Å². The maximum absolute atomic E-state index is 6.91. The number of rotatable bonds is 4. The molecular formula is C46H26O4. The predicted octanol–water partition coefficient (Wildman–Crippen LogP) is 13.7. The Kier molecular flexibility index (Phi) is 5.63. The van der Waals surface area contributed by atoms with E-state index in [0.717, 1.165) is 110 Å². The van der Waals surface area contributed by atoms with Crippen molar-refractivity contribution in [2.24, 2.45) is 0 Å². The quantitative estimate of drug-likeness (QED) is 0.142. The lowest BCUT2D eigenvalue weighted by Gasteiger charge is -2.19. The molecule has 2 aromatic heterocycles. The van der Waals surface area contributed by atoms with Gasteiger partial charge < -0.3 is 18.3 Å². The molecule has 0 fully saturated rings. The molecule has 0 N–H and O–H groups in total. The number of fused-ring (bicyclic) bond motifs is 10. The van der Waals surface area contributed by atoms with Gasteiger partial charge in [0.25, 0.3) is 0 Å². The summed E-state index contributed by atoms with van der Waals surface area (Å²) < 4.78 is 27.0. The van der Waals surface area contributed by atoms with E-state index in [1.165, 1.54) is 0 Å². The number of benzene rings is 9. The summed E-state index contributed by atoms with van der Waals surface area (Å²) >= 11 is 0. The van der Waals surface area contributed by atoms with Gasteiger partial charge in [0.15, 0.2) is 0 Å². The normalized spacial score (nSPS) is 12.0. The van der Waals surface area contributed by atoms with E-state index in [9.17, 15) is 0 Å². The maximum atomic E-state index is 6.91. The van der Waals surface area contributed by atoms with Crippen molar-refractivity contribution in [3.8, 4) is 23.0 Å². The van der Waals surface area contributed by atoms with Crippen LogP contribution in [0.4, 0.5) is 0 Å². The fourth-order valence-electron chi connectivity index (χ4n) is 7.84. The molecule has 4 nitrogen and oxygen atoms in total. The zero-order valence-electron chi connectivity index (χ0n) is 26.6. The lowest BCUT2D eigenvalue weighted by atomic mass is 9.89. The minimum atomic E-state index is 0.776. The van der Waals surface area contributed by atoms with Crippen LogP contribution in [-0.4, -0.2) is 0 Å². The van der Waals surface area contributed by atoms with Crippen molar-refractivity contribution in [1.29, 1.82) is 0 Å². The molecule has 11 aromatic rings. The van der Waals surface area contributed by atoms with E-state index in [2.05, 4.69) is 84.9 Å². The van der Waals surface area contributed by atoms with Gasteiger partial charge in [-0.05, 0) is 59.3 Å². The Morgan fingerprint density at radius 2 is 0.680 bits per heavy atom. The van der Waals surface area contributed by atoms with Crippen molar-refractivity contribution in [2.75, 3.05) is 0 Å². The molecule has 11 rings (SSSR count). The molecule has 0 amide bonds. The topological polar surface area (TPSA) is 44.7 Å². The first-order chi connectivity index (χ1) is 24.8. The van der Waals surface area contributed by atoms with Gasteiger partial charge in [0.2, 0.25) is 0 Å². The van der Waals surface area contributed by atoms with Crippen molar-refractivity contribution in [3.05, 3.63) is 158 Å². The van der Waals surface area contributed by atoms with Gasteiger partial charge in [-0.1, -0.05) is 109 Å². The molecule has 0 radical (unpaired) electrons. The highest BCUT2D eigenvalue weighted by molar-refractivity contribution is 6.41. The van der Waals surface area contributed by atoms with Crippen LogP contribution in [0.3, 0.4) is 0 Å². The van der Waals surface area contributed by atoms with Gasteiger partial charge in [-0.3, -0.25) is 0 Å². The first-order valence-corrected chi connectivity index (χ1v) is 16.8. The van der Waals surface area contributed by atoms with Gasteiger partial charge >= 0.3 is 0 Å². The Labute approximate surface area is 285 Å². The molecule has 9 aromatic carbocycles. The number of ether oxygens (including phenoxy) is 2. The lowest BCUT2D eigenvalue weighted by Crippen LogP contribution is -1.93. The van der Waals surface area contributed by atoms with Crippen LogP contribution in [0.25, 0.3) is 87.0 Å². The molecule has 0 atom stereocenters. The zero-order chi connectivity index (χ0) is 32.8. The Balaban J connectivity index is 1.32. The van der Waals surface area contributed by atoms with E-state index in [0.29, 0.717) is 0 Å². The second kappa shape index (κ2) is 10.4. The first-order valence-electron chi connectivity index (χ1n) is 16.8. The van der Waals surface area contributed by atoms with Gasteiger partial charge in [-0.15, -0.1) is 0 Å². The molecule has 0 aliphatic rings. The van der Waals surface area contributed by atoms with Crippen LogP contribution in [-0.2, 0) is 0 Å². The summed E-state index contributed by atoms with van der Waals surface area (Å²) in [7, 11) is 0. The highest BCUT2D eigenvalue weighted by atomic mass is 16.5. The molecule has 0 unspecified atom stereocenters. The second-order valence-electron chi connectivity index (χ2n) is 12.7. The van der Waals surface area contributed by atoms with Gasteiger partial charge in [0.1, 0.15) is 45.3 Å². The third kappa shape index (κ3) is 3.87. The predicted molar refractivity (Wildman–Crippen MR) is 204 cm³/mol. The molecule has 0 bridgehead atoms. The van der Waals surface area contributed by atoms with Crippen molar-refractivity contribution in [2.45, 2.75) is 0 Å². The Bertz CT molecular complexity index is 2920. The molecule has 0 spiro atoms. The van der Waals surface area contributed by atoms with Crippen LogP contribution < -0.4 is 9.47 Å². The van der Waals surface area contributed by atoms with E-state index < -0.39 is 0 Å². The molecule has 0 saturated heterocycles. The Hall–Kier alpha value is -6.78. The number of para-hydroxylation sites is 2. The van der Waals surface area contributed by atoms with Crippen LogP contribution in [0.15, 0.2) is 167 Å². The van der Waals surface area contributed by atoms with E-state index in [4.69, 9.17) is 18.3 Å². The fraction of sp³-hybridized carbons (Fsp3) is 0. The van der Waals surface area contributed by atoms with Gasteiger partial charge in [-0.2, -0.15) is 0 Å². The standard InChI is InChI=1S/C46H26O4/c1-3-13-27(14-4-1)47-39-25-35-41-33-21-11-24-38-44(33)42(34-22-12-23-37(43(34)41)49-45(35)31-19-9-7-17-29(31)39)36-26-40(48-28-15-5-2-6-16-28)30-18-8-10-20-32(30)46(36)50-38/h1-26H. The third-order valence-corrected chi connectivity index (χ3v) is 9.91. The molecular weight excluding hydrogens is 617 g/mol. The smallest absolute Gasteiger partial charge is 0.143 e. The largest absolute Gasteiger partial charge is 0.457 e. The monoisotopic (exact) mass is 642 g/mol. The van der Waals surface area contributed by atoms with E-state index in [1.807, 2.05) is 72.8 Å². The van der Waals surface area contributed by atoms with Crippen LogP contribution in [0.2, 0.25) is 0 Å². The SMILES string of the molecule is c1ccc(Oc2cc3c(oc4cccc5c4c3c3cccc4oc6c7ccccc7c(Oc7ccccc7)cc6c5c43)c3ccccc23)cc1. The Morgan fingerprint density at radius 1 is 0.300 bits per heavy atom. The lowest BCUT2D eigenvalue weighted by molar-refractivity contribution is 0.488. The number of hydrogen-bond acceptors (Lipinski definition) is 4. The summed E-state index contributed by atoms with van der Waals surface area (Å²) in [4.78, 5) is 0. The van der Waals surface area contributed by atoms with Gasteiger partial charge in [0.05, 0.1) is 0 Å². The Morgan fingerprint density at radius 3 is 1.12 bits per heavy atom. The van der Waals surface area contributed by atoms with E-state index in [-0.39, 0.29) is 0 Å².